The number of hydrogen-bond acceptors (Lipinski definition) is 7. The minimum absolute atomic E-state index is 0.00968. The number of anilines is 1. The fourth-order valence-corrected chi connectivity index (χ4v) is 6.42. The molecular formula is C29H38N4O5. The highest BCUT2D eigenvalue weighted by Crippen LogP contribution is 2.56. The lowest BCUT2D eigenvalue weighted by Crippen LogP contribution is -2.58. The summed E-state index contributed by atoms with van der Waals surface area (Å²) in [6, 6.07) is 12.2. The van der Waals surface area contributed by atoms with Crippen molar-refractivity contribution in [3.63, 3.8) is 0 Å². The van der Waals surface area contributed by atoms with Gasteiger partial charge in [0.1, 0.15) is 17.0 Å². The van der Waals surface area contributed by atoms with Crippen LogP contribution in [0.3, 0.4) is 0 Å². The van der Waals surface area contributed by atoms with Gasteiger partial charge in [0.05, 0.1) is 25.3 Å². The van der Waals surface area contributed by atoms with Crippen molar-refractivity contribution in [3.05, 3.63) is 53.6 Å². The molecule has 9 heteroatoms. The number of benzene rings is 2. The molecule has 0 spiro atoms. The highest BCUT2D eigenvalue weighted by molar-refractivity contribution is 6.07. The Morgan fingerprint density at radius 3 is 2.68 bits per heavy atom. The van der Waals surface area contributed by atoms with Gasteiger partial charge >= 0.3 is 6.03 Å². The monoisotopic (exact) mass is 522 g/mol. The zero-order valence-electron chi connectivity index (χ0n) is 22.6. The van der Waals surface area contributed by atoms with Gasteiger partial charge in [0.25, 0.3) is 5.91 Å². The molecule has 2 N–H and O–H groups in total. The number of rotatable bonds is 10. The third-order valence-corrected chi connectivity index (χ3v) is 8.31. The third kappa shape index (κ3) is 4.37. The molecule has 3 amide bonds. The molecule has 2 unspecified atom stereocenters. The van der Waals surface area contributed by atoms with Crippen LogP contribution in [0.1, 0.15) is 50.3 Å². The molecular weight excluding hydrogens is 484 g/mol. The number of methoxy groups -OCH3 is 1. The molecule has 0 bridgehead atoms. The van der Waals surface area contributed by atoms with Crippen molar-refractivity contribution in [1.29, 1.82) is 0 Å². The largest absolute Gasteiger partial charge is 0.508 e. The highest BCUT2D eigenvalue weighted by atomic mass is 16.5. The number of carbonyl (C=O) groups excluding carboxylic acids is 2. The van der Waals surface area contributed by atoms with Crippen LogP contribution in [0.25, 0.3) is 0 Å². The van der Waals surface area contributed by atoms with Crippen LogP contribution in [0.2, 0.25) is 0 Å². The quantitative estimate of drug-likeness (QED) is 0.459. The van der Waals surface area contributed by atoms with Crippen LogP contribution in [0.15, 0.2) is 42.5 Å². The Kier molecular flexibility index (Phi) is 7.24. The number of fused-ring (bicyclic) bond motifs is 4. The molecule has 0 aromatic heterocycles. The van der Waals surface area contributed by atoms with Crippen LogP contribution in [0, 0.1) is 0 Å². The fourth-order valence-electron chi connectivity index (χ4n) is 6.42. The molecule has 38 heavy (non-hydrogen) atoms. The lowest BCUT2D eigenvalue weighted by Gasteiger charge is -2.48. The van der Waals surface area contributed by atoms with Crippen molar-refractivity contribution >= 4 is 17.6 Å². The summed E-state index contributed by atoms with van der Waals surface area (Å²) < 4.78 is 11.0. The lowest BCUT2D eigenvalue weighted by molar-refractivity contribution is -0.135. The molecule has 9 nitrogen and oxygen atoms in total. The van der Waals surface area contributed by atoms with E-state index in [1.807, 2.05) is 32.0 Å². The van der Waals surface area contributed by atoms with Gasteiger partial charge in [-0.25, -0.2) is 4.79 Å². The van der Waals surface area contributed by atoms with Crippen LogP contribution < -0.4 is 10.1 Å². The van der Waals surface area contributed by atoms with Gasteiger partial charge in [0.2, 0.25) is 0 Å². The van der Waals surface area contributed by atoms with E-state index >= 15 is 0 Å². The highest BCUT2D eigenvalue weighted by Gasteiger charge is 2.63. The van der Waals surface area contributed by atoms with Gasteiger partial charge in [-0.3, -0.25) is 14.6 Å². The predicted octanol–water partition coefficient (Wildman–Crippen LogP) is 3.80. The zero-order chi connectivity index (χ0) is 27.0. The molecule has 3 aliphatic rings. The normalized spacial score (nSPS) is 25.9. The molecule has 0 aliphatic carbocycles. The minimum Gasteiger partial charge on any atom is -0.508 e. The first-order chi connectivity index (χ1) is 18.3. The molecule has 3 heterocycles. The number of nitrogens with one attached hydrogen (secondary N) is 1. The third-order valence-electron chi connectivity index (χ3n) is 8.31. The van der Waals surface area contributed by atoms with Gasteiger partial charge in [-0.05, 0) is 68.3 Å². The van der Waals surface area contributed by atoms with Crippen molar-refractivity contribution < 1.29 is 24.2 Å². The molecule has 204 valence electrons. The molecule has 5 rings (SSSR count). The topological polar surface area (TPSA) is 94.6 Å². The summed E-state index contributed by atoms with van der Waals surface area (Å²) in [7, 11) is 1.67. The van der Waals surface area contributed by atoms with Gasteiger partial charge in [-0.2, -0.15) is 0 Å². The number of hydrogen-bond donors (Lipinski definition) is 2. The number of ether oxygens (including phenoxy) is 2. The van der Waals surface area contributed by atoms with Crippen molar-refractivity contribution in [2.45, 2.75) is 50.7 Å². The van der Waals surface area contributed by atoms with Crippen molar-refractivity contribution in [2.24, 2.45) is 0 Å². The van der Waals surface area contributed by atoms with Crippen LogP contribution in [-0.2, 0) is 9.53 Å². The number of imide groups is 1. The maximum absolute atomic E-state index is 14.0. The van der Waals surface area contributed by atoms with Crippen molar-refractivity contribution in [1.82, 2.24) is 14.7 Å². The first kappa shape index (κ1) is 26.3. The number of aromatic hydroxyl groups is 1. The number of piperidine rings is 1. The average molecular weight is 523 g/mol. The lowest BCUT2D eigenvalue weighted by atomic mass is 9.72. The van der Waals surface area contributed by atoms with Crippen molar-refractivity contribution in [3.8, 4) is 11.5 Å². The van der Waals surface area contributed by atoms with Crippen LogP contribution in [0.5, 0.6) is 11.5 Å². The van der Waals surface area contributed by atoms with E-state index < -0.39 is 11.6 Å². The van der Waals surface area contributed by atoms with E-state index in [1.54, 1.807) is 30.2 Å². The van der Waals surface area contributed by atoms with Gasteiger partial charge in [-0.1, -0.05) is 19.1 Å². The van der Waals surface area contributed by atoms with Crippen LogP contribution in [0.4, 0.5) is 10.5 Å². The Hall–Kier alpha value is -3.30. The van der Waals surface area contributed by atoms with E-state index in [0.717, 1.165) is 35.7 Å². The van der Waals surface area contributed by atoms with E-state index in [4.69, 9.17) is 9.47 Å². The Morgan fingerprint density at radius 1 is 1.16 bits per heavy atom. The molecule has 2 fully saturated rings. The molecule has 4 atom stereocenters. The fraction of sp³-hybridized carbons (Fsp3) is 0.517. The summed E-state index contributed by atoms with van der Waals surface area (Å²) in [5.41, 5.74) is 1.88. The Balaban J connectivity index is 1.52. The molecule has 2 aromatic rings. The Morgan fingerprint density at radius 2 is 1.97 bits per heavy atom. The number of urea groups is 1. The predicted molar refractivity (Wildman–Crippen MR) is 145 cm³/mol. The SMILES string of the molecule is CCOc1ccc2c(c1)C1C[C@@]3(C)C(=O)N(CCN(CC)CCOC)C(=O)N3[C@H](c3cccc(O)c3)C1N2. The molecule has 0 radical (unpaired) electrons. The summed E-state index contributed by atoms with van der Waals surface area (Å²) in [6.07, 6.45) is 0.505. The van der Waals surface area contributed by atoms with E-state index in [1.165, 1.54) is 4.90 Å². The van der Waals surface area contributed by atoms with E-state index in [-0.39, 0.29) is 29.6 Å². The summed E-state index contributed by atoms with van der Waals surface area (Å²) in [6.45, 7) is 9.53. The van der Waals surface area contributed by atoms with Gasteiger partial charge < -0.3 is 24.8 Å². The minimum atomic E-state index is -1.01. The van der Waals surface area contributed by atoms with E-state index in [9.17, 15) is 14.7 Å². The molecule has 0 saturated carbocycles. The molecule has 2 saturated heterocycles. The second-order valence-electron chi connectivity index (χ2n) is 10.5. The van der Waals surface area contributed by atoms with Crippen LogP contribution >= 0.6 is 0 Å². The smallest absolute Gasteiger partial charge is 0.328 e. The summed E-state index contributed by atoms with van der Waals surface area (Å²) >= 11 is 0. The Labute approximate surface area is 224 Å². The number of amides is 3. The number of phenolic OH excluding ortho intramolecular Hbond substituents is 1. The Bertz CT molecular complexity index is 1210. The molecule has 3 aliphatic heterocycles. The molecule has 2 aromatic carbocycles. The number of nitrogens with zero attached hydrogens (tertiary/aromatic N) is 3. The maximum atomic E-state index is 14.0. The summed E-state index contributed by atoms with van der Waals surface area (Å²) in [4.78, 5) is 33.4. The first-order valence-electron chi connectivity index (χ1n) is 13.5. The van der Waals surface area contributed by atoms with E-state index in [2.05, 4.69) is 23.2 Å². The van der Waals surface area contributed by atoms with Gasteiger partial charge in [-0.15, -0.1) is 0 Å². The van der Waals surface area contributed by atoms with Gasteiger partial charge in [0.15, 0.2) is 0 Å². The number of phenols is 1. The van der Waals surface area contributed by atoms with Crippen molar-refractivity contribution in [2.75, 3.05) is 51.8 Å². The maximum Gasteiger partial charge on any atom is 0.328 e. The average Bonchev–Trinajstić information content (AvgIpc) is 3.34. The number of likely N-dealkylation sites (N-methyl/N-ethyl adjacent to an activating group) is 1. The zero-order valence-corrected chi connectivity index (χ0v) is 22.6. The number of carbonyl (C=O) groups is 2. The van der Waals surface area contributed by atoms with E-state index in [0.29, 0.717) is 32.7 Å². The summed E-state index contributed by atoms with van der Waals surface area (Å²) in [5.74, 6) is 0.751. The first-order valence-corrected chi connectivity index (χ1v) is 13.5. The standard InChI is InChI=1S/C29H38N4O5/c1-5-31(14-15-37-4)12-13-32-27(35)29(3)18-23-22-17-21(38-6-2)10-11-24(22)30-25(23)26(33(29)28(32)36)19-8-7-9-20(34)16-19/h7-11,16-17,23,25-26,30,34H,5-6,12-15,18H2,1-4H3/t23?,25?,26-,29+/m1/s1. The second-order valence-corrected chi connectivity index (χ2v) is 10.5. The summed E-state index contributed by atoms with van der Waals surface area (Å²) in [5, 5.41) is 14.0. The van der Waals surface area contributed by atoms with Crippen LogP contribution in [-0.4, -0.2) is 89.8 Å². The second kappa shape index (κ2) is 10.5. The van der Waals surface area contributed by atoms with Gasteiger partial charge in [0, 0.05) is 38.3 Å².